The van der Waals surface area contributed by atoms with Crippen LogP contribution in [0.15, 0.2) is 24.3 Å². The van der Waals surface area contributed by atoms with Crippen molar-refractivity contribution in [1.29, 1.82) is 0 Å². The number of ether oxygens (including phenoxy) is 1. The van der Waals surface area contributed by atoms with Crippen molar-refractivity contribution in [2.45, 2.75) is 19.1 Å². The van der Waals surface area contributed by atoms with Crippen LogP contribution in [-0.4, -0.2) is 56.3 Å². The molecule has 2 unspecified atom stereocenters. The van der Waals surface area contributed by atoms with Crippen molar-refractivity contribution in [1.82, 2.24) is 9.62 Å². The molecule has 0 saturated carbocycles. The summed E-state index contributed by atoms with van der Waals surface area (Å²) in [7, 11) is -3.44. The molecule has 1 heterocycles. The fraction of sp³-hybridized carbons (Fsp3) is 0.500. The van der Waals surface area contributed by atoms with Gasteiger partial charge in [0.15, 0.2) is 0 Å². The van der Waals surface area contributed by atoms with Gasteiger partial charge < -0.3 is 14.7 Å². The third-order valence-corrected chi connectivity index (χ3v) is 4.16. The zero-order valence-corrected chi connectivity index (χ0v) is 13.3. The van der Waals surface area contributed by atoms with Gasteiger partial charge in [-0.3, -0.25) is 4.79 Å². The Morgan fingerprint density at radius 2 is 2.23 bits per heavy atom. The molecule has 2 N–H and O–H groups in total. The van der Waals surface area contributed by atoms with E-state index < -0.39 is 16.1 Å². The molecule has 1 fully saturated rings. The highest BCUT2D eigenvalue weighted by Gasteiger charge is 2.29. The van der Waals surface area contributed by atoms with Crippen LogP contribution >= 0.6 is 0 Å². The number of rotatable bonds is 4. The molecule has 122 valence electrons. The lowest BCUT2D eigenvalue weighted by Gasteiger charge is -2.34. The minimum absolute atomic E-state index is 0.136. The molecule has 0 bridgehead atoms. The standard InChI is InChI=1S/C14H20N2O5S/c1-10(15-22(2,19)20)14(18)16-6-7-21-13(9-16)11-4-3-5-12(17)8-11/h3-5,8,10,13,15,17H,6-7,9H2,1-2H3. The number of amides is 1. The molecular weight excluding hydrogens is 308 g/mol. The van der Waals surface area contributed by atoms with Crippen LogP contribution in [0.25, 0.3) is 0 Å². The average molecular weight is 328 g/mol. The molecule has 2 atom stereocenters. The van der Waals surface area contributed by atoms with E-state index in [-0.39, 0.29) is 17.8 Å². The Bertz CT molecular complexity index is 646. The number of carbonyl (C=O) groups is 1. The largest absolute Gasteiger partial charge is 0.508 e. The highest BCUT2D eigenvalue weighted by Crippen LogP contribution is 2.25. The number of phenolic OH excluding ortho intramolecular Hbond substituents is 1. The summed E-state index contributed by atoms with van der Waals surface area (Å²) in [5.74, 6) is -0.157. The van der Waals surface area contributed by atoms with Crippen molar-refractivity contribution in [2.75, 3.05) is 26.0 Å². The second-order valence-corrected chi connectivity index (χ2v) is 7.13. The number of benzene rings is 1. The minimum Gasteiger partial charge on any atom is -0.508 e. The van der Waals surface area contributed by atoms with Crippen molar-refractivity contribution in [3.8, 4) is 5.75 Å². The third-order valence-electron chi connectivity index (χ3n) is 3.38. The van der Waals surface area contributed by atoms with Gasteiger partial charge in [-0.25, -0.2) is 13.1 Å². The topological polar surface area (TPSA) is 95.9 Å². The number of carbonyl (C=O) groups excluding carboxylic acids is 1. The molecule has 0 radical (unpaired) electrons. The molecule has 0 aromatic heterocycles. The zero-order valence-electron chi connectivity index (χ0n) is 12.5. The van der Waals surface area contributed by atoms with Crippen molar-refractivity contribution in [3.05, 3.63) is 29.8 Å². The maximum Gasteiger partial charge on any atom is 0.240 e. The molecular formula is C14H20N2O5S. The summed E-state index contributed by atoms with van der Waals surface area (Å²) in [6.45, 7) is 2.60. The Morgan fingerprint density at radius 1 is 1.50 bits per heavy atom. The Labute approximate surface area is 129 Å². The predicted octanol–water partition coefficient (Wildman–Crippen LogP) is 0.230. The smallest absolute Gasteiger partial charge is 0.240 e. The van der Waals surface area contributed by atoms with Crippen LogP contribution in [-0.2, 0) is 19.6 Å². The Kier molecular flexibility index (Phi) is 5.05. The van der Waals surface area contributed by atoms with E-state index in [0.717, 1.165) is 11.8 Å². The van der Waals surface area contributed by atoms with Crippen LogP contribution in [0.4, 0.5) is 0 Å². The van der Waals surface area contributed by atoms with E-state index in [4.69, 9.17) is 4.74 Å². The van der Waals surface area contributed by atoms with Crippen molar-refractivity contribution >= 4 is 15.9 Å². The summed E-state index contributed by atoms with van der Waals surface area (Å²) in [4.78, 5) is 13.9. The number of hydrogen-bond acceptors (Lipinski definition) is 5. The van der Waals surface area contributed by atoms with Crippen molar-refractivity contribution < 1.29 is 23.1 Å². The second-order valence-electron chi connectivity index (χ2n) is 5.35. The molecule has 1 aliphatic rings. The number of aromatic hydroxyl groups is 1. The first-order valence-electron chi connectivity index (χ1n) is 6.93. The van der Waals surface area contributed by atoms with Gasteiger partial charge in [0.2, 0.25) is 15.9 Å². The van der Waals surface area contributed by atoms with Gasteiger partial charge in [-0.2, -0.15) is 0 Å². The van der Waals surface area contributed by atoms with E-state index in [1.54, 1.807) is 23.1 Å². The van der Waals surface area contributed by atoms with Gasteiger partial charge >= 0.3 is 0 Å². The summed E-state index contributed by atoms with van der Waals surface area (Å²) in [6.07, 6.45) is 0.682. The minimum atomic E-state index is -3.44. The first kappa shape index (κ1) is 16.7. The number of hydrogen-bond donors (Lipinski definition) is 2. The molecule has 0 aliphatic carbocycles. The highest BCUT2D eigenvalue weighted by molar-refractivity contribution is 7.88. The van der Waals surface area contributed by atoms with Gasteiger partial charge in [0, 0.05) is 6.54 Å². The molecule has 1 amide bonds. The van der Waals surface area contributed by atoms with Crippen LogP contribution in [0.3, 0.4) is 0 Å². The molecule has 22 heavy (non-hydrogen) atoms. The normalized spacial score (nSPS) is 20.6. The van der Waals surface area contributed by atoms with E-state index in [1.807, 2.05) is 6.07 Å². The summed E-state index contributed by atoms with van der Waals surface area (Å²) in [5, 5.41) is 9.52. The second kappa shape index (κ2) is 6.64. The summed E-state index contributed by atoms with van der Waals surface area (Å²) < 4.78 is 30.4. The predicted molar refractivity (Wildman–Crippen MR) is 80.8 cm³/mol. The van der Waals surface area contributed by atoms with Crippen molar-refractivity contribution in [3.63, 3.8) is 0 Å². The van der Waals surface area contributed by atoms with E-state index in [0.29, 0.717) is 19.7 Å². The number of morpholine rings is 1. The average Bonchev–Trinajstić information content (AvgIpc) is 2.45. The van der Waals surface area contributed by atoms with Crippen LogP contribution in [0, 0.1) is 0 Å². The quantitative estimate of drug-likeness (QED) is 0.825. The first-order valence-corrected chi connectivity index (χ1v) is 8.82. The Balaban J connectivity index is 2.05. The molecule has 2 rings (SSSR count). The lowest BCUT2D eigenvalue weighted by Crippen LogP contribution is -2.50. The summed E-state index contributed by atoms with van der Waals surface area (Å²) in [5.41, 5.74) is 0.779. The van der Waals surface area contributed by atoms with Crippen LogP contribution < -0.4 is 4.72 Å². The van der Waals surface area contributed by atoms with Crippen LogP contribution in [0.1, 0.15) is 18.6 Å². The highest BCUT2D eigenvalue weighted by atomic mass is 32.2. The Morgan fingerprint density at radius 3 is 2.86 bits per heavy atom. The monoisotopic (exact) mass is 328 g/mol. The van der Waals surface area contributed by atoms with E-state index in [1.165, 1.54) is 6.92 Å². The first-order chi connectivity index (χ1) is 10.3. The maximum atomic E-state index is 12.3. The summed E-state index contributed by atoms with van der Waals surface area (Å²) >= 11 is 0. The third kappa shape index (κ3) is 4.43. The van der Waals surface area contributed by atoms with Gasteiger partial charge in [-0.05, 0) is 24.6 Å². The van der Waals surface area contributed by atoms with Gasteiger partial charge in [0.25, 0.3) is 0 Å². The van der Waals surface area contributed by atoms with Gasteiger partial charge in [-0.1, -0.05) is 12.1 Å². The van der Waals surface area contributed by atoms with E-state index in [2.05, 4.69) is 4.72 Å². The number of sulfonamides is 1. The van der Waals surface area contributed by atoms with E-state index >= 15 is 0 Å². The fourth-order valence-corrected chi connectivity index (χ4v) is 3.16. The molecule has 1 aliphatic heterocycles. The number of phenols is 1. The molecule has 1 aromatic carbocycles. The molecule has 1 aromatic rings. The molecule has 1 saturated heterocycles. The number of nitrogens with zero attached hydrogens (tertiary/aromatic N) is 1. The SMILES string of the molecule is CC(NS(C)(=O)=O)C(=O)N1CCOC(c2cccc(O)c2)C1. The fourth-order valence-electron chi connectivity index (χ4n) is 2.42. The van der Waals surface area contributed by atoms with E-state index in [9.17, 15) is 18.3 Å². The summed E-state index contributed by atoms with van der Waals surface area (Å²) in [6, 6.07) is 5.86. The maximum absolute atomic E-state index is 12.3. The molecule has 0 spiro atoms. The Hall–Kier alpha value is -1.64. The number of nitrogens with one attached hydrogen (secondary N) is 1. The molecule has 8 heteroatoms. The zero-order chi connectivity index (χ0) is 16.3. The molecule has 7 nitrogen and oxygen atoms in total. The lowest BCUT2D eigenvalue weighted by atomic mass is 10.1. The van der Waals surface area contributed by atoms with Gasteiger partial charge in [0.1, 0.15) is 11.9 Å². The van der Waals surface area contributed by atoms with Gasteiger partial charge in [0.05, 0.1) is 25.4 Å². The van der Waals surface area contributed by atoms with Crippen molar-refractivity contribution in [2.24, 2.45) is 0 Å². The van der Waals surface area contributed by atoms with Crippen LogP contribution in [0.5, 0.6) is 5.75 Å². The van der Waals surface area contributed by atoms with Crippen LogP contribution in [0.2, 0.25) is 0 Å². The lowest BCUT2D eigenvalue weighted by molar-refractivity contribution is -0.140. The van der Waals surface area contributed by atoms with Gasteiger partial charge in [-0.15, -0.1) is 0 Å².